The van der Waals surface area contributed by atoms with Crippen molar-refractivity contribution in [3.8, 4) is 11.3 Å². The highest BCUT2D eigenvalue weighted by molar-refractivity contribution is 7.14. The van der Waals surface area contributed by atoms with Gasteiger partial charge in [0.25, 0.3) is 0 Å². The molecule has 1 fully saturated rings. The minimum absolute atomic E-state index is 0.124. The molecule has 3 atom stereocenters. The van der Waals surface area contributed by atoms with Crippen LogP contribution in [0.3, 0.4) is 0 Å². The van der Waals surface area contributed by atoms with Gasteiger partial charge in [-0.2, -0.15) is 0 Å². The number of aromatic nitrogens is 1. The highest BCUT2D eigenvalue weighted by Gasteiger charge is 2.39. The van der Waals surface area contributed by atoms with Crippen LogP contribution >= 0.6 is 11.3 Å². The molecule has 1 amide bonds. The fraction of sp³-hybridized carbons (Fsp3) is 0.368. The van der Waals surface area contributed by atoms with Crippen LogP contribution in [0.2, 0.25) is 0 Å². The molecule has 1 aromatic carbocycles. The van der Waals surface area contributed by atoms with Crippen LogP contribution < -0.4 is 5.32 Å². The number of hydrogen-bond acceptors (Lipinski definition) is 3. The first-order valence-corrected chi connectivity index (χ1v) is 9.00. The first-order chi connectivity index (χ1) is 11.1. The van der Waals surface area contributed by atoms with Gasteiger partial charge in [-0.25, -0.2) is 4.98 Å². The average molecular weight is 324 g/mol. The van der Waals surface area contributed by atoms with Crippen LogP contribution in [0, 0.1) is 31.6 Å². The Kier molecular flexibility index (Phi) is 3.57. The zero-order chi connectivity index (χ0) is 16.0. The summed E-state index contributed by atoms with van der Waals surface area (Å²) in [6.07, 6.45) is 6.60. The number of hydrogen-bond donors (Lipinski definition) is 1. The summed E-state index contributed by atoms with van der Waals surface area (Å²) in [5.74, 6) is 1.29. The van der Waals surface area contributed by atoms with E-state index in [4.69, 9.17) is 0 Å². The second-order valence-corrected chi connectivity index (χ2v) is 7.57. The van der Waals surface area contributed by atoms with Crippen molar-refractivity contribution < 1.29 is 4.79 Å². The monoisotopic (exact) mass is 324 g/mol. The Morgan fingerprint density at radius 3 is 2.78 bits per heavy atom. The van der Waals surface area contributed by atoms with E-state index in [-0.39, 0.29) is 11.8 Å². The van der Waals surface area contributed by atoms with Crippen LogP contribution in [0.25, 0.3) is 11.3 Å². The van der Waals surface area contributed by atoms with Crippen molar-refractivity contribution in [3.63, 3.8) is 0 Å². The SMILES string of the molecule is Cc1ccc(-c2csc(NC(=O)[C@H]3C[C@@H]4C=C[C@H]3C4)n2)cc1C. The molecule has 1 heterocycles. The number of carbonyl (C=O) groups is 1. The second-order valence-electron chi connectivity index (χ2n) is 6.71. The summed E-state index contributed by atoms with van der Waals surface area (Å²) in [6, 6.07) is 6.35. The van der Waals surface area contributed by atoms with Gasteiger partial charge in [0.05, 0.1) is 5.69 Å². The molecule has 1 saturated carbocycles. The van der Waals surface area contributed by atoms with Crippen molar-refractivity contribution in [3.05, 3.63) is 46.9 Å². The molecule has 1 aromatic heterocycles. The first kappa shape index (κ1) is 14.6. The number of amides is 1. The Balaban J connectivity index is 1.48. The lowest BCUT2D eigenvalue weighted by molar-refractivity contribution is -0.120. The molecule has 0 saturated heterocycles. The fourth-order valence-corrected chi connectivity index (χ4v) is 4.37. The molecule has 0 unspecified atom stereocenters. The molecule has 2 aromatic rings. The highest BCUT2D eigenvalue weighted by Crippen LogP contribution is 2.43. The molecule has 4 rings (SSSR count). The summed E-state index contributed by atoms with van der Waals surface area (Å²) >= 11 is 1.50. The van der Waals surface area contributed by atoms with E-state index < -0.39 is 0 Å². The van der Waals surface area contributed by atoms with E-state index in [0.717, 1.165) is 24.1 Å². The summed E-state index contributed by atoms with van der Waals surface area (Å²) in [5.41, 5.74) is 4.57. The zero-order valence-electron chi connectivity index (χ0n) is 13.4. The van der Waals surface area contributed by atoms with Gasteiger partial charge in [-0.1, -0.05) is 24.3 Å². The van der Waals surface area contributed by atoms with Gasteiger partial charge in [0.2, 0.25) is 5.91 Å². The molecule has 0 spiro atoms. The molecule has 118 valence electrons. The van der Waals surface area contributed by atoms with Crippen LogP contribution in [0.5, 0.6) is 0 Å². The summed E-state index contributed by atoms with van der Waals surface area (Å²) < 4.78 is 0. The van der Waals surface area contributed by atoms with Crippen molar-refractivity contribution >= 4 is 22.4 Å². The molecule has 2 aliphatic rings. The number of aryl methyl sites for hydroxylation is 2. The Hall–Kier alpha value is -1.94. The number of allylic oxidation sites excluding steroid dienone is 2. The van der Waals surface area contributed by atoms with E-state index in [9.17, 15) is 4.79 Å². The number of carbonyl (C=O) groups excluding carboxylic acids is 1. The van der Waals surface area contributed by atoms with Gasteiger partial charge in [0.1, 0.15) is 0 Å². The van der Waals surface area contributed by atoms with E-state index in [1.165, 1.54) is 22.5 Å². The third kappa shape index (κ3) is 2.72. The van der Waals surface area contributed by atoms with Gasteiger partial charge >= 0.3 is 0 Å². The van der Waals surface area contributed by atoms with Crippen molar-refractivity contribution in [2.24, 2.45) is 17.8 Å². The molecule has 23 heavy (non-hydrogen) atoms. The fourth-order valence-electron chi connectivity index (χ4n) is 3.64. The third-order valence-corrected chi connectivity index (χ3v) is 5.91. The van der Waals surface area contributed by atoms with Crippen LogP contribution in [-0.2, 0) is 4.79 Å². The Morgan fingerprint density at radius 2 is 2.09 bits per heavy atom. The molecule has 3 nitrogen and oxygen atoms in total. The standard InChI is InChI=1S/C19H20N2OS/c1-11-3-5-15(7-12(11)2)17-10-23-19(20-17)21-18(22)16-9-13-4-6-14(16)8-13/h3-7,10,13-14,16H,8-9H2,1-2H3,(H,20,21,22)/t13-,14+,16+/m1/s1. The van der Waals surface area contributed by atoms with Gasteiger partial charge < -0.3 is 5.32 Å². The van der Waals surface area contributed by atoms with Crippen LogP contribution in [0.15, 0.2) is 35.7 Å². The van der Waals surface area contributed by atoms with E-state index in [1.807, 2.05) is 5.38 Å². The maximum atomic E-state index is 12.5. The van der Waals surface area contributed by atoms with Crippen molar-refractivity contribution in [2.75, 3.05) is 5.32 Å². The van der Waals surface area contributed by atoms with E-state index in [0.29, 0.717) is 17.0 Å². The molecule has 2 aliphatic carbocycles. The molecule has 2 bridgehead atoms. The summed E-state index contributed by atoms with van der Waals surface area (Å²) in [6.45, 7) is 4.21. The van der Waals surface area contributed by atoms with E-state index in [1.54, 1.807) is 0 Å². The molecular formula is C19H20N2OS. The lowest BCUT2D eigenvalue weighted by atomic mass is 9.93. The number of thiazole rings is 1. The smallest absolute Gasteiger partial charge is 0.229 e. The third-order valence-electron chi connectivity index (χ3n) is 5.15. The largest absolute Gasteiger partial charge is 0.302 e. The molecule has 0 aliphatic heterocycles. The lowest BCUT2D eigenvalue weighted by Gasteiger charge is -2.16. The van der Waals surface area contributed by atoms with Gasteiger partial charge in [0.15, 0.2) is 5.13 Å². The molecule has 1 N–H and O–H groups in total. The van der Waals surface area contributed by atoms with Gasteiger partial charge in [-0.15, -0.1) is 11.3 Å². The molecular weight excluding hydrogens is 304 g/mol. The number of rotatable bonds is 3. The lowest BCUT2D eigenvalue weighted by Crippen LogP contribution is -2.25. The summed E-state index contributed by atoms with van der Waals surface area (Å²) in [5, 5.41) is 5.74. The maximum Gasteiger partial charge on any atom is 0.229 e. The van der Waals surface area contributed by atoms with Gasteiger partial charge in [-0.05, 0) is 55.7 Å². The predicted octanol–water partition coefficient (Wildman–Crippen LogP) is 4.58. The van der Waals surface area contributed by atoms with Crippen LogP contribution in [0.4, 0.5) is 5.13 Å². The number of nitrogens with one attached hydrogen (secondary N) is 1. The topological polar surface area (TPSA) is 42.0 Å². The van der Waals surface area contributed by atoms with Crippen LogP contribution in [-0.4, -0.2) is 10.9 Å². The Morgan fingerprint density at radius 1 is 1.22 bits per heavy atom. The average Bonchev–Trinajstić information content (AvgIpc) is 3.26. The van der Waals surface area contributed by atoms with Crippen molar-refractivity contribution in [1.29, 1.82) is 0 Å². The Labute approximate surface area is 140 Å². The van der Waals surface area contributed by atoms with Crippen molar-refractivity contribution in [1.82, 2.24) is 4.98 Å². The predicted molar refractivity (Wildman–Crippen MR) is 94.5 cm³/mol. The normalized spacial score (nSPS) is 25.0. The number of benzene rings is 1. The van der Waals surface area contributed by atoms with Gasteiger partial charge in [-0.3, -0.25) is 4.79 Å². The Bertz CT molecular complexity index is 792. The van der Waals surface area contributed by atoms with Crippen molar-refractivity contribution in [2.45, 2.75) is 26.7 Å². The summed E-state index contributed by atoms with van der Waals surface area (Å²) in [4.78, 5) is 17.1. The maximum absolute atomic E-state index is 12.5. The molecule has 0 radical (unpaired) electrons. The first-order valence-electron chi connectivity index (χ1n) is 8.12. The number of fused-ring (bicyclic) bond motifs is 2. The molecule has 4 heteroatoms. The van der Waals surface area contributed by atoms with Crippen LogP contribution in [0.1, 0.15) is 24.0 Å². The summed E-state index contributed by atoms with van der Waals surface area (Å²) in [7, 11) is 0. The highest BCUT2D eigenvalue weighted by atomic mass is 32.1. The number of nitrogens with zero attached hydrogens (tertiary/aromatic N) is 1. The minimum Gasteiger partial charge on any atom is -0.302 e. The number of anilines is 1. The minimum atomic E-state index is 0.124. The quantitative estimate of drug-likeness (QED) is 0.840. The second kappa shape index (κ2) is 5.60. The zero-order valence-corrected chi connectivity index (χ0v) is 14.2. The van der Waals surface area contributed by atoms with E-state index >= 15 is 0 Å². The van der Waals surface area contributed by atoms with E-state index in [2.05, 4.69) is 54.5 Å². The van der Waals surface area contributed by atoms with Gasteiger partial charge in [0, 0.05) is 16.9 Å².